The molecule has 1 atom stereocenters. The van der Waals surface area contributed by atoms with Crippen molar-refractivity contribution in [3.8, 4) is 0 Å². The Bertz CT molecular complexity index is 1310. The molecule has 6 nitrogen and oxygen atoms in total. The second kappa shape index (κ2) is 7.11. The standard InChI is InChI=1S/C21H21N5OS2/c1-11-6-7-14-15(8-11)29-20-18(14)19(22)24-21(25-20)28-10-13-9-17(27)26-12(2)4-3-5-16(26)23-13/h3-5,9,11H,6-8,10H2,1-2H3,(H2,22,24,25). The monoisotopic (exact) mass is 423 g/mol. The second-order valence-corrected chi connectivity index (χ2v) is 9.68. The van der Waals surface area contributed by atoms with Crippen molar-refractivity contribution in [2.75, 3.05) is 5.73 Å². The molecule has 29 heavy (non-hydrogen) atoms. The van der Waals surface area contributed by atoms with Crippen LogP contribution in [0.3, 0.4) is 0 Å². The zero-order valence-corrected chi connectivity index (χ0v) is 17.9. The van der Waals surface area contributed by atoms with Gasteiger partial charge in [-0.05, 0) is 49.8 Å². The molecule has 0 spiro atoms. The smallest absolute Gasteiger partial charge is 0.258 e. The molecule has 0 radical (unpaired) electrons. The summed E-state index contributed by atoms with van der Waals surface area (Å²) in [4.78, 5) is 28.8. The first kappa shape index (κ1) is 18.6. The summed E-state index contributed by atoms with van der Waals surface area (Å²) in [6.45, 7) is 4.20. The molecule has 4 aromatic heterocycles. The number of aromatic nitrogens is 4. The van der Waals surface area contributed by atoms with Crippen LogP contribution >= 0.6 is 23.1 Å². The summed E-state index contributed by atoms with van der Waals surface area (Å²) < 4.78 is 1.62. The van der Waals surface area contributed by atoms with Crippen LogP contribution < -0.4 is 11.3 Å². The highest BCUT2D eigenvalue weighted by Crippen LogP contribution is 2.40. The van der Waals surface area contributed by atoms with Crippen molar-refractivity contribution in [2.45, 2.75) is 44.0 Å². The number of nitrogen functional groups attached to an aromatic ring is 1. The lowest BCUT2D eigenvalue weighted by atomic mass is 9.89. The number of anilines is 1. The van der Waals surface area contributed by atoms with E-state index in [1.54, 1.807) is 21.8 Å². The van der Waals surface area contributed by atoms with Crippen LogP contribution in [0.2, 0.25) is 0 Å². The first-order valence-electron chi connectivity index (χ1n) is 9.68. The van der Waals surface area contributed by atoms with Crippen LogP contribution in [0.4, 0.5) is 5.82 Å². The summed E-state index contributed by atoms with van der Waals surface area (Å²) in [5, 5.41) is 1.67. The third-order valence-corrected chi connectivity index (χ3v) is 7.47. The lowest BCUT2D eigenvalue weighted by Crippen LogP contribution is -2.17. The minimum atomic E-state index is -0.0698. The number of thiophene rings is 1. The fourth-order valence-electron chi connectivity index (χ4n) is 3.99. The second-order valence-electron chi connectivity index (χ2n) is 7.66. The topological polar surface area (TPSA) is 86.2 Å². The lowest BCUT2D eigenvalue weighted by molar-refractivity contribution is 0.509. The largest absolute Gasteiger partial charge is 0.383 e. The van der Waals surface area contributed by atoms with Crippen molar-refractivity contribution in [3.63, 3.8) is 0 Å². The SMILES string of the molecule is Cc1cccc2nc(CSc3nc(N)c4c5c(sc4n3)CC(C)CC5)cc(=O)n12. The maximum atomic E-state index is 12.5. The van der Waals surface area contributed by atoms with E-state index in [0.29, 0.717) is 34.0 Å². The number of hydrogen-bond donors (Lipinski definition) is 1. The number of hydrogen-bond acceptors (Lipinski definition) is 7. The molecular formula is C21H21N5OS2. The molecule has 0 saturated heterocycles. The molecule has 0 fully saturated rings. The van der Waals surface area contributed by atoms with E-state index in [1.807, 2.05) is 25.1 Å². The molecule has 0 aromatic carbocycles. The zero-order chi connectivity index (χ0) is 20.1. The molecular weight excluding hydrogens is 402 g/mol. The molecule has 1 aliphatic rings. The van der Waals surface area contributed by atoms with E-state index in [1.165, 1.54) is 28.6 Å². The quantitative estimate of drug-likeness (QED) is 0.396. The van der Waals surface area contributed by atoms with Gasteiger partial charge in [0, 0.05) is 22.4 Å². The normalized spacial score (nSPS) is 16.4. The highest BCUT2D eigenvalue weighted by molar-refractivity contribution is 7.98. The van der Waals surface area contributed by atoms with Gasteiger partial charge in [0.25, 0.3) is 5.56 Å². The van der Waals surface area contributed by atoms with Gasteiger partial charge in [-0.25, -0.2) is 15.0 Å². The van der Waals surface area contributed by atoms with Crippen molar-refractivity contribution >= 4 is 44.8 Å². The molecule has 2 N–H and O–H groups in total. The van der Waals surface area contributed by atoms with E-state index in [-0.39, 0.29) is 5.56 Å². The first-order valence-corrected chi connectivity index (χ1v) is 11.5. The Morgan fingerprint density at radius 3 is 3.03 bits per heavy atom. The van der Waals surface area contributed by atoms with E-state index < -0.39 is 0 Å². The van der Waals surface area contributed by atoms with Gasteiger partial charge in [-0.2, -0.15) is 0 Å². The summed E-state index contributed by atoms with van der Waals surface area (Å²) in [5.74, 6) is 1.79. The van der Waals surface area contributed by atoms with Gasteiger partial charge in [-0.3, -0.25) is 9.20 Å². The molecule has 0 aliphatic heterocycles. The number of aryl methyl sites for hydroxylation is 2. The Morgan fingerprint density at radius 2 is 2.17 bits per heavy atom. The molecule has 0 amide bonds. The van der Waals surface area contributed by atoms with Crippen molar-refractivity contribution in [1.29, 1.82) is 0 Å². The molecule has 4 heterocycles. The lowest BCUT2D eigenvalue weighted by Gasteiger charge is -2.17. The third-order valence-electron chi connectivity index (χ3n) is 5.44. The number of nitrogens with two attached hydrogens (primary N) is 1. The molecule has 148 valence electrons. The average Bonchev–Trinajstić information content (AvgIpc) is 3.04. The van der Waals surface area contributed by atoms with E-state index in [4.69, 9.17) is 10.7 Å². The van der Waals surface area contributed by atoms with Crippen LogP contribution in [0.25, 0.3) is 15.9 Å². The number of rotatable bonds is 3. The van der Waals surface area contributed by atoms with Crippen LogP contribution in [-0.2, 0) is 18.6 Å². The Hall–Kier alpha value is -2.45. The highest BCUT2D eigenvalue weighted by atomic mass is 32.2. The summed E-state index contributed by atoms with van der Waals surface area (Å²) in [5.41, 5.74) is 9.84. The fraction of sp³-hybridized carbons (Fsp3) is 0.333. The maximum Gasteiger partial charge on any atom is 0.258 e. The summed E-state index contributed by atoms with van der Waals surface area (Å²) >= 11 is 3.21. The van der Waals surface area contributed by atoms with Crippen LogP contribution in [0.15, 0.2) is 34.2 Å². The molecule has 0 bridgehead atoms. The van der Waals surface area contributed by atoms with Gasteiger partial charge in [-0.1, -0.05) is 24.8 Å². The zero-order valence-electron chi connectivity index (χ0n) is 16.3. The number of pyridine rings is 1. The first-order chi connectivity index (χ1) is 14.0. The Labute approximate surface area is 176 Å². The average molecular weight is 424 g/mol. The van der Waals surface area contributed by atoms with E-state index in [2.05, 4.69) is 16.9 Å². The van der Waals surface area contributed by atoms with Crippen molar-refractivity contribution < 1.29 is 0 Å². The Balaban J connectivity index is 1.45. The Kier molecular flexibility index (Phi) is 4.55. The van der Waals surface area contributed by atoms with Gasteiger partial charge < -0.3 is 5.73 Å². The highest BCUT2D eigenvalue weighted by Gasteiger charge is 2.23. The van der Waals surface area contributed by atoms with Crippen LogP contribution in [-0.4, -0.2) is 19.4 Å². The van der Waals surface area contributed by atoms with Crippen molar-refractivity contribution in [3.05, 3.63) is 56.4 Å². The van der Waals surface area contributed by atoms with Gasteiger partial charge in [0.1, 0.15) is 16.3 Å². The summed E-state index contributed by atoms with van der Waals surface area (Å²) in [6, 6.07) is 7.24. The van der Waals surface area contributed by atoms with Gasteiger partial charge in [0.15, 0.2) is 5.16 Å². The molecule has 0 saturated carbocycles. The van der Waals surface area contributed by atoms with Gasteiger partial charge in [-0.15, -0.1) is 11.3 Å². The Morgan fingerprint density at radius 1 is 1.31 bits per heavy atom. The summed E-state index contributed by atoms with van der Waals surface area (Å²) in [6.07, 6.45) is 3.35. The van der Waals surface area contributed by atoms with Crippen molar-refractivity contribution in [1.82, 2.24) is 19.4 Å². The van der Waals surface area contributed by atoms with Crippen molar-refractivity contribution in [2.24, 2.45) is 5.92 Å². The van der Waals surface area contributed by atoms with Gasteiger partial charge >= 0.3 is 0 Å². The number of thioether (sulfide) groups is 1. The molecule has 1 aliphatic carbocycles. The van der Waals surface area contributed by atoms with Gasteiger partial charge in [0.2, 0.25) is 0 Å². The van der Waals surface area contributed by atoms with E-state index >= 15 is 0 Å². The van der Waals surface area contributed by atoms with Crippen LogP contribution in [0.5, 0.6) is 0 Å². The molecule has 5 rings (SSSR count). The third kappa shape index (κ3) is 3.30. The predicted molar refractivity (Wildman–Crippen MR) is 119 cm³/mol. The van der Waals surface area contributed by atoms with E-state index in [0.717, 1.165) is 28.8 Å². The van der Waals surface area contributed by atoms with Crippen LogP contribution in [0.1, 0.15) is 35.2 Å². The number of fused-ring (bicyclic) bond motifs is 4. The van der Waals surface area contributed by atoms with Gasteiger partial charge in [0.05, 0.1) is 11.1 Å². The minimum absolute atomic E-state index is 0.0698. The van der Waals surface area contributed by atoms with E-state index in [9.17, 15) is 4.79 Å². The predicted octanol–water partition coefficient (Wildman–Crippen LogP) is 4.01. The molecule has 4 aromatic rings. The minimum Gasteiger partial charge on any atom is -0.383 e. The maximum absolute atomic E-state index is 12.5. The molecule has 1 unspecified atom stereocenters. The fourth-order valence-corrected chi connectivity index (χ4v) is 6.18. The number of nitrogens with zero attached hydrogens (tertiary/aromatic N) is 4. The molecule has 8 heteroatoms. The van der Waals surface area contributed by atoms with Crippen LogP contribution in [0, 0.1) is 12.8 Å². The summed E-state index contributed by atoms with van der Waals surface area (Å²) in [7, 11) is 0.